The van der Waals surface area contributed by atoms with E-state index in [1.165, 1.54) is 0 Å². The van der Waals surface area contributed by atoms with Gasteiger partial charge in [0.1, 0.15) is 0 Å². The summed E-state index contributed by atoms with van der Waals surface area (Å²) in [5, 5.41) is 16.2. The zero-order chi connectivity index (χ0) is 8.15. The summed E-state index contributed by atoms with van der Waals surface area (Å²) in [6.45, 7) is 0. The van der Waals surface area contributed by atoms with Crippen LogP contribution in [0.2, 0.25) is 0 Å². The first-order valence-corrected chi connectivity index (χ1v) is 3.12. The second-order valence-corrected chi connectivity index (χ2v) is 2.52. The number of rotatable bonds is 3. The minimum atomic E-state index is -1.16. The Labute approximate surface area is 65.3 Å². The monoisotopic (exact) mass is 208 g/mol. The van der Waals surface area contributed by atoms with Crippen molar-refractivity contribution in [2.75, 3.05) is 0 Å². The normalized spacial score (nSPS) is 11.1. The van der Waals surface area contributed by atoms with Crippen molar-refractivity contribution in [1.29, 1.82) is 0 Å². The molecule has 56 valence electrons. The van der Waals surface area contributed by atoms with Crippen LogP contribution < -0.4 is 0 Å². The van der Waals surface area contributed by atoms with E-state index in [1.54, 1.807) is 0 Å². The van der Waals surface area contributed by atoms with E-state index in [0.717, 1.165) is 6.08 Å². The molecule has 5 heteroatoms. The van der Waals surface area contributed by atoms with Crippen molar-refractivity contribution in [2.24, 2.45) is 0 Å². The molecule has 0 saturated heterocycles. The van der Waals surface area contributed by atoms with E-state index in [-0.39, 0.29) is 10.9 Å². The molecule has 0 aliphatic heterocycles. The first-order chi connectivity index (χ1) is 4.52. The Bertz CT molecular complexity index is 184. The van der Waals surface area contributed by atoms with Gasteiger partial charge >= 0.3 is 11.9 Å². The Morgan fingerprint density at radius 2 is 1.90 bits per heavy atom. The summed E-state index contributed by atoms with van der Waals surface area (Å²) < 4.78 is 0.146. The summed E-state index contributed by atoms with van der Waals surface area (Å²) in [5.74, 6) is -2.22. The smallest absolute Gasteiger partial charge is 0.329 e. The first-order valence-electron chi connectivity index (χ1n) is 2.33. The van der Waals surface area contributed by atoms with Crippen LogP contribution in [0.5, 0.6) is 0 Å². The molecule has 0 heterocycles. The molecule has 0 saturated carbocycles. The lowest BCUT2D eigenvalue weighted by Crippen LogP contribution is -1.95. The van der Waals surface area contributed by atoms with Gasteiger partial charge in [-0.05, 0) is 0 Å². The Hall–Kier alpha value is -0.840. The summed E-state index contributed by atoms with van der Waals surface area (Å²) in [4.78, 5) is 19.8. The zero-order valence-corrected chi connectivity index (χ0v) is 6.46. The van der Waals surface area contributed by atoms with Gasteiger partial charge in [-0.25, -0.2) is 4.79 Å². The van der Waals surface area contributed by atoms with Crippen LogP contribution in [0.3, 0.4) is 0 Å². The second kappa shape index (κ2) is 4.05. The number of carbonyl (C=O) groups is 2. The quantitative estimate of drug-likeness (QED) is 0.674. The molecule has 0 aliphatic rings. The fraction of sp³-hybridized carbons (Fsp3) is 0.200. The molecule has 0 spiro atoms. The van der Waals surface area contributed by atoms with Gasteiger partial charge in [0.15, 0.2) is 0 Å². The standard InChI is InChI=1S/C5H5BrO4/c6-3(1-4(7)8)2-5(9)10/h1H,2H2,(H,7,8)(H,9,10)/b3-1-. The van der Waals surface area contributed by atoms with Crippen molar-refractivity contribution >= 4 is 27.9 Å². The highest BCUT2D eigenvalue weighted by Crippen LogP contribution is 2.08. The Balaban J connectivity index is 3.95. The van der Waals surface area contributed by atoms with Crippen LogP contribution in [0, 0.1) is 0 Å². The average Bonchev–Trinajstić information content (AvgIpc) is 1.58. The molecule has 0 aromatic heterocycles. The van der Waals surface area contributed by atoms with Crippen molar-refractivity contribution < 1.29 is 19.8 Å². The minimum absolute atomic E-state index is 0.146. The molecule has 10 heavy (non-hydrogen) atoms. The van der Waals surface area contributed by atoms with Crippen LogP contribution in [0.4, 0.5) is 0 Å². The van der Waals surface area contributed by atoms with Gasteiger partial charge in [0.25, 0.3) is 0 Å². The summed E-state index contributed by atoms with van der Waals surface area (Å²) in [5.41, 5.74) is 0. The highest BCUT2D eigenvalue weighted by Gasteiger charge is 2.01. The largest absolute Gasteiger partial charge is 0.481 e. The van der Waals surface area contributed by atoms with Crippen molar-refractivity contribution in [3.8, 4) is 0 Å². The second-order valence-electron chi connectivity index (χ2n) is 1.50. The maximum Gasteiger partial charge on any atom is 0.329 e. The fourth-order valence-electron chi connectivity index (χ4n) is 0.329. The molecule has 0 aromatic carbocycles. The SMILES string of the molecule is O=C(O)/C=C(\Br)CC(=O)O. The van der Waals surface area contributed by atoms with Crippen LogP contribution >= 0.6 is 15.9 Å². The van der Waals surface area contributed by atoms with E-state index in [4.69, 9.17) is 10.2 Å². The van der Waals surface area contributed by atoms with Gasteiger partial charge in [-0.2, -0.15) is 0 Å². The van der Waals surface area contributed by atoms with Crippen LogP contribution in [-0.4, -0.2) is 22.2 Å². The lowest BCUT2D eigenvalue weighted by Gasteiger charge is -1.89. The number of carboxylic acids is 2. The lowest BCUT2D eigenvalue weighted by molar-refractivity contribution is -0.136. The van der Waals surface area contributed by atoms with Gasteiger partial charge in [-0.1, -0.05) is 15.9 Å². The molecule has 0 atom stereocenters. The van der Waals surface area contributed by atoms with E-state index in [2.05, 4.69) is 15.9 Å². The summed E-state index contributed by atoms with van der Waals surface area (Å²) >= 11 is 2.78. The molecule has 0 fully saturated rings. The molecular formula is C5H5BrO4. The van der Waals surface area contributed by atoms with Gasteiger partial charge in [0, 0.05) is 10.6 Å². The Kier molecular flexibility index (Phi) is 3.71. The van der Waals surface area contributed by atoms with E-state index in [0.29, 0.717) is 0 Å². The third-order valence-electron chi connectivity index (χ3n) is 0.600. The number of halogens is 1. The molecule has 4 nitrogen and oxygen atoms in total. The molecule has 2 N–H and O–H groups in total. The number of carboxylic acid groups (broad SMARTS) is 2. The molecule has 0 aliphatic carbocycles. The summed E-state index contributed by atoms with van der Waals surface area (Å²) in [6, 6.07) is 0. The van der Waals surface area contributed by atoms with Gasteiger partial charge in [-0.15, -0.1) is 0 Å². The Morgan fingerprint density at radius 3 is 2.20 bits per heavy atom. The topological polar surface area (TPSA) is 74.6 Å². The number of hydrogen-bond donors (Lipinski definition) is 2. The number of hydrogen-bond acceptors (Lipinski definition) is 2. The number of aliphatic carboxylic acids is 2. The molecule has 0 aromatic rings. The Morgan fingerprint density at radius 1 is 1.40 bits per heavy atom. The van der Waals surface area contributed by atoms with Gasteiger partial charge in [-0.3, -0.25) is 4.79 Å². The minimum Gasteiger partial charge on any atom is -0.481 e. The van der Waals surface area contributed by atoms with Crippen molar-refractivity contribution in [2.45, 2.75) is 6.42 Å². The van der Waals surface area contributed by atoms with E-state index >= 15 is 0 Å². The van der Waals surface area contributed by atoms with Crippen LogP contribution in [-0.2, 0) is 9.59 Å². The van der Waals surface area contributed by atoms with Crippen molar-refractivity contribution in [1.82, 2.24) is 0 Å². The molecular weight excluding hydrogens is 204 g/mol. The fourth-order valence-corrected chi connectivity index (χ4v) is 0.765. The maximum absolute atomic E-state index is 9.93. The molecule has 0 radical (unpaired) electrons. The first kappa shape index (κ1) is 9.16. The third-order valence-corrected chi connectivity index (χ3v) is 1.11. The van der Waals surface area contributed by atoms with Crippen LogP contribution in [0.1, 0.15) is 6.42 Å². The summed E-state index contributed by atoms with van der Waals surface area (Å²) in [7, 11) is 0. The van der Waals surface area contributed by atoms with E-state index in [9.17, 15) is 9.59 Å². The lowest BCUT2D eigenvalue weighted by atomic mass is 10.4. The predicted octanol–water partition coefficient (Wildman–Crippen LogP) is 0.825. The van der Waals surface area contributed by atoms with Crippen LogP contribution in [0.15, 0.2) is 10.6 Å². The van der Waals surface area contributed by atoms with E-state index < -0.39 is 11.9 Å². The molecule has 0 bridgehead atoms. The zero-order valence-electron chi connectivity index (χ0n) is 4.87. The maximum atomic E-state index is 9.93. The average molecular weight is 209 g/mol. The van der Waals surface area contributed by atoms with Gasteiger partial charge in [0.2, 0.25) is 0 Å². The molecule has 0 amide bonds. The van der Waals surface area contributed by atoms with Gasteiger partial charge < -0.3 is 10.2 Å². The highest BCUT2D eigenvalue weighted by molar-refractivity contribution is 9.11. The third kappa shape index (κ3) is 5.30. The molecule has 0 unspecified atom stereocenters. The van der Waals surface area contributed by atoms with Gasteiger partial charge in [0.05, 0.1) is 6.42 Å². The van der Waals surface area contributed by atoms with Crippen LogP contribution in [0.25, 0.3) is 0 Å². The van der Waals surface area contributed by atoms with E-state index in [1.807, 2.05) is 0 Å². The predicted molar refractivity (Wildman–Crippen MR) is 36.9 cm³/mol. The summed E-state index contributed by atoms with van der Waals surface area (Å²) in [6.07, 6.45) is 0.500. The highest BCUT2D eigenvalue weighted by atomic mass is 79.9. The van der Waals surface area contributed by atoms with Crippen molar-refractivity contribution in [3.05, 3.63) is 10.6 Å². The molecule has 0 rings (SSSR count). The van der Waals surface area contributed by atoms with Crippen molar-refractivity contribution in [3.63, 3.8) is 0 Å².